The second-order valence-corrected chi connectivity index (χ2v) is 12.8. The van der Waals surface area contributed by atoms with Gasteiger partial charge in [-0.1, -0.05) is 77.8 Å². The highest BCUT2D eigenvalue weighted by molar-refractivity contribution is 7.92. The second-order valence-electron chi connectivity index (χ2n) is 10.1. The zero-order valence-electron chi connectivity index (χ0n) is 23.9. The van der Waals surface area contributed by atoms with Crippen LogP contribution in [0.15, 0.2) is 108 Å². The Morgan fingerprint density at radius 2 is 1.44 bits per heavy atom. The quantitative estimate of drug-likeness (QED) is 0.198. The van der Waals surface area contributed by atoms with Crippen molar-refractivity contribution in [3.05, 3.63) is 130 Å². The van der Waals surface area contributed by atoms with E-state index in [1.165, 1.54) is 29.2 Å². The van der Waals surface area contributed by atoms with Gasteiger partial charge in [-0.2, -0.15) is 0 Å². The highest BCUT2D eigenvalue weighted by Gasteiger charge is 2.34. The smallest absolute Gasteiger partial charge is 0.264 e. The van der Waals surface area contributed by atoms with Crippen molar-refractivity contribution in [2.45, 2.75) is 37.8 Å². The number of aryl methyl sites for hydroxylation is 1. The lowest BCUT2D eigenvalue weighted by Gasteiger charge is -2.34. The van der Waals surface area contributed by atoms with E-state index in [2.05, 4.69) is 5.32 Å². The molecular formula is C33H33Cl2N3O4S. The number of sulfonamides is 1. The SMILES string of the molecule is CCNC(=O)[C@H](Cc1ccccc1)N(Cc1ccc(Cl)cc1)C(=O)CN(c1cccc(C)c1)S(=O)(=O)c1ccc(Cl)cc1. The molecule has 0 bridgehead atoms. The molecule has 0 aliphatic rings. The van der Waals surface area contributed by atoms with Crippen LogP contribution < -0.4 is 9.62 Å². The van der Waals surface area contributed by atoms with E-state index < -0.39 is 28.5 Å². The molecule has 0 saturated heterocycles. The molecule has 0 aliphatic carbocycles. The molecule has 7 nitrogen and oxygen atoms in total. The average Bonchev–Trinajstić information content (AvgIpc) is 2.99. The monoisotopic (exact) mass is 637 g/mol. The highest BCUT2D eigenvalue weighted by Crippen LogP contribution is 2.27. The third-order valence-corrected chi connectivity index (χ3v) is 9.15. The van der Waals surface area contributed by atoms with Gasteiger partial charge in [0.25, 0.3) is 10.0 Å². The van der Waals surface area contributed by atoms with Crippen LogP contribution in [-0.4, -0.2) is 44.3 Å². The molecule has 1 N–H and O–H groups in total. The predicted molar refractivity (Wildman–Crippen MR) is 172 cm³/mol. The van der Waals surface area contributed by atoms with Crippen LogP contribution in [0.2, 0.25) is 10.0 Å². The van der Waals surface area contributed by atoms with Gasteiger partial charge < -0.3 is 10.2 Å². The molecule has 224 valence electrons. The summed E-state index contributed by atoms with van der Waals surface area (Å²) in [5.41, 5.74) is 2.75. The summed E-state index contributed by atoms with van der Waals surface area (Å²) in [6.07, 6.45) is 0.236. The number of anilines is 1. The van der Waals surface area contributed by atoms with Crippen molar-refractivity contribution in [1.29, 1.82) is 0 Å². The van der Waals surface area contributed by atoms with E-state index in [4.69, 9.17) is 23.2 Å². The first-order valence-electron chi connectivity index (χ1n) is 13.8. The van der Waals surface area contributed by atoms with Gasteiger partial charge in [0, 0.05) is 29.6 Å². The van der Waals surface area contributed by atoms with Crippen molar-refractivity contribution in [1.82, 2.24) is 10.2 Å². The molecule has 4 aromatic carbocycles. The Balaban J connectivity index is 1.79. The molecule has 0 fully saturated rings. The van der Waals surface area contributed by atoms with Crippen LogP contribution in [0.25, 0.3) is 0 Å². The summed E-state index contributed by atoms with van der Waals surface area (Å²) in [4.78, 5) is 29.3. The van der Waals surface area contributed by atoms with E-state index in [9.17, 15) is 18.0 Å². The van der Waals surface area contributed by atoms with Gasteiger partial charge in [-0.25, -0.2) is 8.42 Å². The van der Waals surface area contributed by atoms with Crippen molar-refractivity contribution >= 4 is 50.7 Å². The van der Waals surface area contributed by atoms with E-state index in [0.29, 0.717) is 22.3 Å². The molecule has 0 spiro atoms. The number of nitrogens with zero attached hydrogens (tertiary/aromatic N) is 2. The second kappa shape index (κ2) is 14.6. The minimum Gasteiger partial charge on any atom is -0.355 e. The van der Waals surface area contributed by atoms with Gasteiger partial charge in [0.05, 0.1) is 10.6 Å². The zero-order valence-corrected chi connectivity index (χ0v) is 26.2. The normalized spacial score (nSPS) is 11.9. The lowest BCUT2D eigenvalue weighted by molar-refractivity contribution is -0.140. The van der Waals surface area contributed by atoms with Gasteiger partial charge in [0.15, 0.2) is 0 Å². The zero-order chi connectivity index (χ0) is 31.0. The fourth-order valence-corrected chi connectivity index (χ4v) is 6.34. The van der Waals surface area contributed by atoms with E-state index >= 15 is 0 Å². The first kappa shape index (κ1) is 32.1. The molecule has 1 atom stereocenters. The van der Waals surface area contributed by atoms with Gasteiger partial charge in [0.2, 0.25) is 11.8 Å². The topological polar surface area (TPSA) is 86.8 Å². The Bertz CT molecular complexity index is 1650. The van der Waals surface area contributed by atoms with E-state index in [1.807, 2.05) is 43.3 Å². The lowest BCUT2D eigenvalue weighted by Crippen LogP contribution is -2.53. The summed E-state index contributed by atoms with van der Waals surface area (Å²) in [6.45, 7) is 3.55. The Labute approximate surface area is 263 Å². The van der Waals surface area contributed by atoms with E-state index in [-0.39, 0.29) is 23.8 Å². The van der Waals surface area contributed by atoms with Crippen LogP contribution in [0, 0.1) is 6.92 Å². The molecule has 0 heterocycles. The summed E-state index contributed by atoms with van der Waals surface area (Å²) < 4.78 is 29.1. The molecule has 2 amide bonds. The van der Waals surface area contributed by atoms with E-state index in [0.717, 1.165) is 21.0 Å². The largest absolute Gasteiger partial charge is 0.355 e. The number of rotatable bonds is 12. The fourth-order valence-electron chi connectivity index (χ4n) is 4.68. The number of likely N-dealkylation sites (N-methyl/N-ethyl adjacent to an activating group) is 1. The number of hydrogen-bond donors (Lipinski definition) is 1. The Hall–Kier alpha value is -3.85. The first-order chi connectivity index (χ1) is 20.6. The number of hydrogen-bond acceptors (Lipinski definition) is 4. The molecule has 4 aromatic rings. The van der Waals surface area contributed by atoms with Gasteiger partial charge in [0.1, 0.15) is 12.6 Å². The number of benzene rings is 4. The molecule has 0 aromatic heterocycles. The first-order valence-corrected chi connectivity index (χ1v) is 16.0. The fraction of sp³-hybridized carbons (Fsp3) is 0.212. The Kier molecular flexibility index (Phi) is 10.9. The summed E-state index contributed by atoms with van der Waals surface area (Å²) in [7, 11) is -4.20. The van der Waals surface area contributed by atoms with Gasteiger partial charge in [-0.15, -0.1) is 0 Å². The number of nitrogens with one attached hydrogen (secondary N) is 1. The number of carbonyl (C=O) groups is 2. The molecule has 4 rings (SSSR count). The van der Waals surface area contributed by atoms with Crippen molar-refractivity contribution in [3.63, 3.8) is 0 Å². The van der Waals surface area contributed by atoms with Crippen LogP contribution in [0.4, 0.5) is 5.69 Å². The average molecular weight is 639 g/mol. The standard InChI is InChI=1S/C33H33Cl2N3O4S/c1-3-36-33(40)31(21-25-9-5-4-6-10-25)37(22-26-12-14-27(34)15-13-26)32(39)23-38(29-11-7-8-24(2)20-29)43(41,42)30-18-16-28(35)17-19-30/h4-20,31H,3,21-23H2,1-2H3,(H,36,40)/t31-/m0/s1. The third kappa shape index (κ3) is 8.38. The van der Waals surface area contributed by atoms with Gasteiger partial charge in [-0.3, -0.25) is 13.9 Å². The van der Waals surface area contributed by atoms with Crippen LogP contribution in [-0.2, 0) is 32.6 Å². The Morgan fingerprint density at radius 1 is 0.814 bits per heavy atom. The van der Waals surface area contributed by atoms with Crippen LogP contribution in [0.1, 0.15) is 23.6 Å². The Morgan fingerprint density at radius 3 is 2.05 bits per heavy atom. The maximum atomic E-state index is 14.3. The van der Waals surface area contributed by atoms with E-state index in [1.54, 1.807) is 49.4 Å². The molecule has 43 heavy (non-hydrogen) atoms. The summed E-state index contributed by atoms with van der Waals surface area (Å²) >= 11 is 12.1. The molecule has 0 radical (unpaired) electrons. The number of amides is 2. The van der Waals surface area contributed by atoms with Crippen LogP contribution >= 0.6 is 23.2 Å². The van der Waals surface area contributed by atoms with Gasteiger partial charge >= 0.3 is 0 Å². The highest BCUT2D eigenvalue weighted by atomic mass is 35.5. The minimum absolute atomic E-state index is 0.0139. The summed E-state index contributed by atoms with van der Waals surface area (Å²) in [5, 5.41) is 3.77. The molecule has 0 aliphatic heterocycles. The molecule has 0 unspecified atom stereocenters. The maximum Gasteiger partial charge on any atom is 0.264 e. The summed E-state index contributed by atoms with van der Waals surface area (Å²) in [5.74, 6) is -0.877. The van der Waals surface area contributed by atoms with Crippen molar-refractivity contribution < 1.29 is 18.0 Å². The minimum atomic E-state index is -4.20. The number of halogens is 2. The van der Waals surface area contributed by atoms with Crippen molar-refractivity contribution in [3.8, 4) is 0 Å². The third-order valence-electron chi connectivity index (χ3n) is 6.86. The number of carbonyl (C=O) groups excluding carboxylic acids is 2. The van der Waals surface area contributed by atoms with Crippen molar-refractivity contribution in [2.24, 2.45) is 0 Å². The molecule has 10 heteroatoms. The predicted octanol–water partition coefficient (Wildman–Crippen LogP) is 6.27. The van der Waals surface area contributed by atoms with Crippen LogP contribution in [0.3, 0.4) is 0 Å². The van der Waals surface area contributed by atoms with Gasteiger partial charge in [-0.05, 0) is 79.1 Å². The molecular weight excluding hydrogens is 605 g/mol. The lowest BCUT2D eigenvalue weighted by atomic mass is 10.0. The van der Waals surface area contributed by atoms with Crippen molar-refractivity contribution in [2.75, 3.05) is 17.4 Å². The summed E-state index contributed by atoms with van der Waals surface area (Å²) in [6, 6.07) is 28.2. The molecule has 0 saturated carbocycles. The van der Waals surface area contributed by atoms with Crippen LogP contribution in [0.5, 0.6) is 0 Å². The maximum absolute atomic E-state index is 14.3.